The number of alkyl halides is 12. The van der Waals surface area contributed by atoms with Crippen molar-refractivity contribution in [1.82, 2.24) is 29.9 Å². The SMILES string of the molecule is C.COC(=O)c1cnc(C(F)(F)F)c(Br)c1.COC(=O)c1cnc(C(F)(F)F)c(C)c1.COC(=O)c1cnc(Cl)c(Br)c1.COC(=O)c1cnc(I)c(Br)c1.Cc1cc(C=O)cnc1C(F)(F)F.Cc1cc(CO)cnc1C(F)(F)F. The van der Waals surface area contributed by atoms with Gasteiger partial charge >= 0.3 is 48.6 Å². The summed E-state index contributed by atoms with van der Waals surface area (Å²) in [5, 5.41) is 8.96. The van der Waals surface area contributed by atoms with Gasteiger partial charge in [-0.1, -0.05) is 25.1 Å². The first kappa shape index (κ1) is 75.0. The van der Waals surface area contributed by atoms with E-state index < -0.39 is 65.4 Å². The van der Waals surface area contributed by atoms with Gasteiger partial charge in [-0.25, -0.2) is 34.1 Å². The van der Waals surface area contributed by atoms with Gasteiger partial charge in [0, 0.05) is 47.2 Å². The summed E-state index contributed by atoms with van der Waals surface area (Å²) in [5.74, 6) is -2.25. The highest BCUT2D eigenvalue weighted by atomic mass is 127. The van der Waals surface area contributed by atoms with Gasteiger partial charge in [-0.3, -0.25) is 19.7 Å². The smallest absolute Gasteiger partial charge is 0.434 e. The molecule has 6 heterocycles. The number of ether oxygens (including phenoxy) is 4. The molecule has 0 saturated heterocycles. The summed E-state index contributed by atoms with van der Waals surface area (Å²) in [7, 11) is 4.93. The summed E-state index contributed by atoms with van der Waals surface area (Å²) in [4.78, 5) is 74.6. The highest BCUT2D eigenvalue weighted by molar-refractivity contribution is 14.1. The number of aromatic nitrogens is 6. The van der Waals surface area contributed by atoms with Gasteiger partial charge in [0.1, 0.15) is 25.9 Å². The summed E-state index contributed by atoms with van der Waals surface area (Å²) in [6.45, 7) is 3.52. The Hall–Kier alpha value is -5.97. The Morgan fingerprint density at radius 1 is 0.506 bits per heavy atom. The molecule has 0 saturated carbocycles. The Bertz CT molecular complexity index is 2990. The molecule has 16 nitrogen and oxygen atoms in total. The van der Waals surface area contributed by atoms with Crippen LogP contribution >= 0.6 is 82.0 Å². The van der Waals surface area contributed by atoms with Gasteiger partial charge in [0.25, 0.3) is 0 Å². The van der Waals surface area contributed by atoms with E-state index in [-0.39, 0.29) is 57.9 Å². The first-order valence-corrected chi connectivity index (χ1v) is 24.6. The lowest BCUT2D eigenvalue weighted by Gasteiger charge is -2.09. The normalized spacial score (nSPS) is 10.7. The Balaban J connectivity index is 0.000000948. The van der Waals surface area contributed by atoms with Crippen molar-refractivity contribution < 1.29 is 101 Å². The van der Waals surface area contributed by atoms with E-state index in [1.165, 1.54) is 53.5 Å². The number of hydrogen-bond acceptors (Lipinski definition) is 16. The largest absolute Gasteiger partial charge is 0.465 e. The van der Waals surface area contributed by atoms with Crippen molar-refractivity contribution in [3.63, 3.8) is 0 Å². The second-order valence-corrected chi connectivity index (χ2v) is 18.6. The fourth-order valence-corrected chi connectivity index (χ4v) is 6.92. The van der Waals surface area contributed by atoms with E-state index in [0.717, 1.165) is 65.4 Å². The summed E-state index contributed by atoms with van der Waals surface area (Å²) >= 11 is 16.8. The molecule has 0 aliphatic heterocycles. The van der Waals surface area contributed by atoms with Gasteiger partial charge in [0.05, 0.1) is 66.2 Å². The Labute approximate surface area is 496 Å². The standard InChI is InChI=1S/C9H8F3NO2.C8H5BrF3NO2.C8H8F3NO.C8H6F3NO.C7H5BrClNO2.C7H5BrINO2.CH4/c1-5-3-6(8(14)15-2)4-13-7(5)9(10,11)12;1-15-7(14)4-2-5(9)6(13-3-4)8(10,11)12;2*1-5-2-6(4-13)3-12-7(5)8(9,10)11;2*1-12-7(11)4-2-5(8)6(9)10-3-4;/h3-4H,1-2H3;2-3H,1H3;2-3,13H,4H2,1H3;2-4H,1H3;2*2-3H,1H3;1H4. The summed E-state index contributed by atoms with van der Waals surface area (Å²) in [6, 6.07) is 7.78. The van der Waals surface area contributed by atoms with Gasteiger partial charge in [-0.15, -0.1) is 0 Å². The molecule has 0 aliphatic carbocycles. The second kappa shape index (κ2) is 33.8. The molecule has 1 N–H and O–H groups in total. The molecule has 0 aliphatic rings. The number of aliphatic hydroxyl groups excluding tert-OH is 1. The van der Waals surface area contributed by atoms with Crippen LogP contribution < -0.4 is 0 Å². The molecule has 81 heavy (non-hydrogen) atoms. The number of methoxy groups -OCH3 is 4. The minimum atomic E-state index is -4.55. The van der Waals surface area contributed by atoms with Crippen molar-refractivity contribution in [3.8, 4) is 0 Å². The molecule has 0 radical (unpaired) electrons. The van der Waals surface area contributed by atoms with Gasteiger partial charge in [-0.05, 0) is 144 Å². The Morgan fingerprint density at radius 2 is 0.827 bits per heavy atom. The van der Waals surface area contributed by atoms with Crippen LogP contribution in [-0.2, 0) is 50.3 Å². The van der Waals surface area contributed by atoms with Crippen LogP contribution in [-0.4, -0.2) is 93.6 Å². The van der Waals surface area contributed by atoms with Crippen LogP contribution in [0.5, 0.6) is 0 Å². The van der Waals surface area contributed by atoms with E-state index in [1.807, 2.05) is 0 Å². The molecule has 6 rings (SSSR count). The Morgan fingerprint density at radius 3 is 1.15 bits per heavy atom. The molecule has 0 bridgehead atoms. The molecule has 0 aromatic carbocycles. The molecule has 0 spiro atoms. The average molecular weight is 1490 g/mol. The maximum atomic E-state index is 12.3. The van der Waals surface area contributed by atoms with Crippen molar-refractivity contribution >= 4 is 112 Å². The number of rotatable bonds is 6. The number of pyridine rings is 6. The van der Waals surface area contributed by atoms with Crippen LogP contribution in [0.25, 0.3) is 0 Å². The van der Waals surface area contributed by atoms with E-state index in [1.54, 1.807) is 12.1 Å². The highest BCUT2D eigenvalue weighted by Crippen LogP contribution is 2.34. The number of carbonyl (C=O) groups is 5. The molecule has 0 fully saturated rings. The van der Waals surface area contributed by atoms with E-state index in [9.17, 15) is 76.7 Å². The van der Waals surface area contributed by atoms with Crippen LogP contribution in [0.1, 0.15) is 104 Å². The van der Waals surface area contributed by atoms with E-state index in [2.05, 4.69) is 119 Å². The molecular formula is C48H41Br3ClF12IN6O10. The topological polar surface area (TPSA) is 220 Å². The number of esters is 4. The number of aryl methyl sites for hydroxylation is 3. The zero-order chi connectivity index (χ0) is 61.7. The van der Waals surface area contributed by atoms with Crippen LogP contribution in [0, 0.1) is 24.5 Å². The van der Waals surface area contributed by atoms with Gasteiger partial charge < -0.3 is 24.1 Å². The second-order valence-electron chi connectivity index (χ2n) is 14.6. The highest BCUT2D eigenvalue weighted by Gasteiger charge is 2.37. The van der Waals surface area contributed by atoms with Crippen molar-refractivity contribution in [2.45, 2.75) is 59.5 Å². The van der Waals surface area contributed by atoms with E-state index in [4.69, 9.17) is 16.7 Å². The number of halogens is 17. The lowest BCUT2D eigenvalue weighted by atomic mass is 10.1. The van der Waals surface area contributed by atoms with E-state index in [0.29, 0.717) is 32.6 Å². The summed E-state index contributed by atoms with van der Waals surface area (Å²) in [5.41, 5.74) is -2.73. The number of hydrogen-bond donors (Lipinski definition) is 1. The number of aldehydes is 1. The fourth-order valence-electron chi connectivity index (χ4n) is 5.25. The van der Waals surface area contributed by atoms with Gasteiger partial charge in [0.15, 0.2) is 12.0 Å². The van der Waals surface area contributed by atoms with E-state index >= 15 is 0 Å². The molecular weight excluding hydrogens is 1450 g/mol. The van der Waals surface area contributed by atoms with Crippen LogP contribution in [0.2, 0.25) is 5.15 Å². The van der Waals surface area contributed by atoms with Gasteiger partial charge in [0.2, 0.25) is 0 Å². The number of aliphatic hydroxyl groups is 1. The molecule has 442 valence electrons. The number of carbonyl (C=O) groups excluding carboxylic acids is 5. The van der Waals surface area contributed by atoms with Crippen molar-refractivity contribution in [3.05, 3.63) is 169 Å². The molecule has 0 amide bonds. The maximum Gasteiger partial charge on any atom is 0.434 e. The lowest BCUT2D eigenvalue weighted by molar-refractivity contribution is -0.142. The van der Waals surface area contributed by atoms with Crippen molar-refractivity contribution in [1.29, 1.82) is 0 Å². The van der Waals surface area contributed by atoms with Gasteiger partial charge in [-0.2, -0.15) is 52.7 Å². The molecule has 0 atom stereocenters. The summed E-state index contributed by atoms with van der Waals surface area (Å²) < 4.78 is 166. The van der Waals surface area contributed by atoms with Crippen molar-refractivity contribution in [2.24, 2.45) is 0 Å². The zero-order valence-electron chi connectivity index (χ0n) is 41.4. The first-order chi connectivity index (χ1) is 36.9. The third-order valence-electron chi connectivity index (χ3n) is 8.82. The first-order valence-electron chi connectivity index (χ1n) is 20.8. The Kier molecular flexibility index (Phi) is 31.3. The van der Waals surface area contributed by atoms with Crippen LogP contribution in [0.4, 0.5) is 52.7 Å². The fraction of sp³-hybridized carbons (Fsp3) is 0.271. The third-order valence-corrected chi connectivity index (χ3v) is 12.8. The summed E-state index contributed by atoms with van der Waals surface area (Å²) in [6.07, 6.45) is -11.0. The van der Waals surface area contributed by atoms with Crippen LogP contribution in [0.3, 0.4) is 0 Å². The quantitative estimate of drug-likeness (QED) is 0.0409. The third kappa shape index (κ3) is 25.0. The monoisotopic (exact) mass is 1490 g/mol. The molecule has 0 unspecified atom stereocenters. The zero-order valence-corrected chi connectivity index (χ0v) is 49.1. The minimum absolute atomic E-state index is 0. The molecule has 6 aromatic rings. The predicted molar refractivity (Wildman–Crippen MR) is 284 cm³/mol. The van der Waals surface area contributed by atoms with Crippen LogP contribution in [0.15, 0.2) is 87.0 Å². The predicted octanol–water partition coefficient (Wildman–Crippen LogP) is 14.1. The molecule has 33 heteroatoms. The molecule has 6 aromatic heterocycles. The maximum absolute atomic E-state index is 12.3. The average Bonchev–Trinajstić information content (AvgIpc) is 3.38. The minimum Gasteiger partial charge on any atom is -0.465 e. The lowest BCUT2D eigenvalue weighted by Crippen LogP contribution is -2.12. The number of nitrogens with zero attached hydrogens (tertiary/aromatic N) is 6. The van der Waals surface area contributed by atoms with Crippen molar-refractivity contribution in [2.75, 3.05) is 28.4 Å².